The van der Waals surface area contributed by atoms with Crippen LogP contribution < -0.4 is 9.80 Å². The second kappa shape index (κ2) is 13.3. The Morgan fingerprint density at radius 2 is 1.05 bits per heavy atom. The first kappa shape index (κ1) is 33.6. The number of allylic oxidation sites excluding steroid dienone is 2. The van der Waals surface area contributed by atoms with Gasteiger partial charge in [0.25, 0.3) is 0 Å². The average molecular weight is 757 g/mol. The van der Waals surface area contributed by atoms with Crippen LogP contribution in [0.2, 0.25) is 0 Å². The standard InChI is InChI=1S/C55H40N4/c1-56(38-20-7-3-8-21-38)52-42(37-18-5-2-6-19-37)32-33-46-43-26-12-15-30-50(43)58(53(46)52)40-24-17-25-41(36-40)59-51-31-16-13-28-45(51)48-35-34-47-44-27-11-14-29-49(44)57(54(47)55(48)59)39-22-9-4-10-23-39/h2-28,30-36,49H,29H2,1H3. The Labute approximate surface area is 343 Å². The molecule has 0 bridgehead atoms. The fourth-order valence-corrected chi connectivity index (χ4v) is 10.0. The van der Waals surface area contributed by atoms with E-state index in [1.807, 2.05) is 0 Å². The number of hydrogen-bond acceptors (Lipinski definition) is 2. The number of hydrogen-bond donors (Lipinski definition) is 0. The lowest BCUT2D eigenvalue weighted by atomic mass is 9.95. The Morgan fingerprint density at radius 1 is 0.492 bits per heavy atom. The molecule has 0 saturated heterocycles. The van der Waals surface area contributed by atoms with Gasteiger partial charge in [-0.05, 0) is 72.2 Å². The van der Waals surface area contributed by atoms with Gasteiger partial charge in [-0.3, -0.25) is 0 Å². The monoisotopic (exact) mass is 756 g/mol. The normalized spacial score (nSPS) is 14.6. The van der Waals surface area contributed by atoms with Crippen LogP contribution in [0.4, 0.5) is 22.7 Å². The third-order valence-electron chi connectivity index (χ3n) is 12.6. The molecule has 1 aliphatic carbocycles. The molecule has 2 aromatic heterocycles. The van der Waals surface area contributed by atoms with Crippen LogP contribution in [0.15, 0.2) is 206 Å². The van der Waals surface area contributed by atoms with E-state index in [9.17, 15) is 0 Å². The molecule has 0 N–H and O–H groups in total. The Balaban J connectivity index is 1.16. The molecule has 59 heavy (non-hydrogen) atoms. The maximum absolute atomic E-state index is 2.59. The second-order valence-corrected chi connectivity index (χ2v) is 15.7. The number of aromatic nitrogens is 2. The summed E-state index contributed by atoms with van der Waals surface area (Å²) in [6.45, 7) is 0. The van der Waals surface area contributed by atoms with Crippen LogP contribution in [0.25, 0.3) is 71.7 Å². The van der Waals surface area contributed by atoms with Gasteiger partial charge in [0, 0.05) is 62.5 Å². The second-order valence-electron chi connectivity index (χ2n) is 15.7. The number of nitrogens with zero attached hydrogens (tertiary/aromatic N) is 4. The number of benzene rings is 8. The molecular weight excluding hydrogens is 717 g/mol. The average Bonchev–Trinajstić information content (AvgIpc) is 3.95. The van der Waals surface area contributed by atoms with E-state index in [-0.39, 0.29) is 6.04 Å². The lowest BCUT2D eigenvalue weighted by molar-refractivity contribution is 0.830. The van der Waals surface area contributed by atoms with E-state index in [4.69, 9.17) is 0 Å². The van der Waals surface area contributed by atoms with Gasteiger partial charge in [0.1, 0.15) is 0 Å². The quantitative estimate of drug-likeness (QED) is 0.168. The highest BCUT2D eigenvalue weighted by Gasteiger charge is 2.38. The van der Waals surface area contributed by atoms with Crippen molar-refractivity contribution in [1.29, 1.82) is 0 Å². The van der Waals surface area contributed by atoms with E-state index in [1.165, 1.54) is 82.9 Å². The molecule has 4 heteroatoms. The van der Waals surface area contributed by atoms with E-state index < -0.39 is 0 Å². The van der Waals surface area contributed by atoms with Gasteiger partial charge in [0.15, 0.2) is 0 Å². The molecule has 0 saturated carbocycles. The Hall–Kier alpha value is -7.56. The molecule has 2 aliphatic rings. The third kappa shape index (κ3) is 5.03. The first-order valence-electron chi connectivity index (χ1n) is 20.5. The zero-order chi connectivity index (χ0) is 39.0. The summed E-state index contributed by atoms with van der Waals surface area (Å²) >= 11 is 0. The van der Waals surface area contributed by atoms with Crippen LogP contribution in [0.5, 0.6) is 0 Å². The summed E-state index contributed by atoms with van der Waals surface area (Å²) in [5.74, 6) is 0. The van der Waals surface area contributed by atoms with Crippen molar-refractivity contribution in [2.45, 2.75) is 12.5 Å². The highest BCUT2D eigenvalue weighted by Crippen LogP contribution is 2.53. The minimum absolute atomic E-state index is 0.234. The molecule has 12 rings (SSSR count). The molecule has 3 heterocycles. The molecule has 280 valence electrons. The fraction of sp³-hybridized carbons (Fsp3) is 0.0545. The minimum Gasteiger partial charge on any atom is -0.342 e. The predicted octanol–water partition coefficient (Wildman–Crippen LogP) is 14.2. The van der Waals surface area contributed by atoms with E-state index in [0.717, 1.165) is 23.5 Å². The molecule has 4 nitrogen and oxygen atoms in total. The van der Waals surface area contributed by atoms with E-state index >= 15 is 0 Å². The van der Waals surface area contributed by atoms with Crippen molar-refractivity contribution < 1.29 is 0 Å². The minimum atomic E-state index is 0.234. The summed E-state index contributed by atoms with van der Waals surface area (Å²) in [7, 11) is 2.20. The van der Waals surface area contributed by atoms with E-state index in [2.05, 4.69) is 232 Å². The van der Waals surface area contributed by atoms with Gasteiger partial charge >= 0.3 is 0 Å². The summed E-state index contributed by atoms with van der Waals surface area (Å²) in [4.78, 5) is 4.96. The molecule has 0 fully saturated rings. The first-order valence-corrected chi connectivity index (χ1v) is 20.5. The van der Waals surface area contributed by atoms with E-state index in [1.54, 1.807) is 0 Å². The Kier molecular flexibility index (Phi) is 7.54. The van der Waals surface area contributed by atoms with Gasteiger partial charge in [-0.1, -0.05) is 152 Å². The number of rotatable bonds is 6. The maximum atomic E-state index is 2.59. The molecule has 1 aliphatic heterocycles. The zero-order valence-corrected chi connectivity index (χ0v) is 32.7. The van der Waals surface area contributed by atoms with Gasteiger partial charge in [-0.15, -0.1) is 0 Å². The molecule has 0 spiro atoms. The summed E-state index contributed by atoms with van der Waals surface area (Å²) in [5, 5.41) is 4.96. The van der Waals surface area contributed by atoms with Crippen LogP contribution in [-0.2, 0) is 0 Å². The van der Waals surface area contributed by atoms with Crippen molar-refractivity contribution >= 4 is 71.9 Å². The zero-order valence-electron chi connectivity index (χ0n) is 32.7. The third-order valence-corrected chi connectivity index (χ3v) is 12.6. The first-order chi connectivity index (χ1) is 29.2. The molecule has 0 radical (unpaired) electrons. The molecule has 0 amide bonds. The van der Waals surface area contributed by atoms with Crippen LogP contribution in [0, 0.1) is 0 Å². The van der Waals surface area contributed by atoms with Crippen LogP contribution in [0.1, 0.15) is 12.0 Å². The number of para-hydroxylation sites is 4. The van der Waals surface area contributed by atoms with Gasteiger partial charge in [0.2, 0.25) is 0 Å². The Morgan fingerprint density at radius 3 is 1.75 bits per heavy atom. The lowest BCUT2D eigenvalue weighted by Gasteiger charge is -2.29. The van der Waals surface area contributed by atoms with Gasteiger partial charge in [0.05, 0.1) is 39.5 Å². The lowest BCUT2D eigenvalue weighted by Crippen LogP contribution is -2.27. The fourth-order valence-electron chi connectivity index (χ4n) is 10.0. The van der Waals surface area contributed by atoms with E-state index in [0.29, 0.717) is 0 Å². The highest BCUT2D eigenvalue weighted by atomic mass is 15.2. The highest BCUT2D eigenvalue weighted by molar-refractivity contribution is 6.18. The van der Waals surface area contributed by atoms with Crippen molar-refractivity contribution in [2.24, 2.45) is 0 Å². The van der Waals surface area contributed by atoms with Crippen molar-refractivity contribution in [2.75, 3.05) is 16.8 Å². The number of fused-ring (bicyclic) bond motifs is 10. The van der Waals surface area contributed by atoms with Crippen molar-refractivity contribution in [3.63, 3.8) is 0 Å². The molecule has 8 aromatic carbocycles. The Bertz CT molecular complexity index is 3320. The van der Waals surface area contributed by atoms with Gasteiger partial charge in [-0.25, -0.2) is 0 Å². The van der Waals surface area contributed by atoms with Crippen molar-refractivity contribution in [3.8, 4) is 22.5 Å². The summed E-state index contributed by atoms with van der Waals surface area (Å²) in [6.07, 6.45) is 7.83. The van der Waals surface area contributed by atoms with Crippen molar-refractivity contribution in [1.82, 2.24) is 9.13 Å². The molecule has 10 aromatic rings. The van der Waals surface area contributed by atoms with Crippen molar-refractivity contribution in [3.05, 3.63) is 212 Å². The number of anilines is 4. The van der Waals surface area contributed by atoms with Gasteiger partial charge in [-0.2, -0.15) is 0 Å². The molecule has 1 atom stereocenters. The van der Waals surface area contributed by atoms with Gasteiger partial charge < -0.3 is 18.9 Å². The molecule has 1 unspecified atom stereocenters. The SMILES string of the molecule is CN(c1ccccc1)c1c(-c2ccccc2)ccc2c3ccccc3n(-c3cccc(-n4c5ccccc5c5ccc6c(c54)N(c4ccccc4)C4CC=CC=C64)c3)c12. The largest absolute Gasteiger partial charge is 0.342 e. The maximum Gasteiger partial charge on any atom is 0.0785 e. The van der Waals surface area contributed by atoms with Crippen LogP contribution in [0.3, 0.4) is 0 Å². The topological polar surface area (TPSA) is 16.3 Å². The summed E-state index contributed by atoms with van der Waals surface area (Å²) < 4.78 is 5.02. The summed E-state index contributed by atoms with van der Waals surface area (Å²) in [6, 6.07) is 69.0. The predicted molar refractivity (Wildman–Crippen MR) is 249 cm³/mol. The van der Waals surface area contributed by atoms with Crippen LogP contribution >= 0.6 is 0 Å². The molecular formula is C55H40N4. The van der Waals surface area contributed by atoms with Crippen LogP contribution in [-0.4, -0.2) is 22.2 Å². The summed E-state index contributed by atoms with van der Waals surface area (Å²) in [5.41, 5.74) is 16.9. The smallest absolute Gasteiger partial charge is 0.0785 e.